The van der Waals surface area contributed by atoms with E-state index >= 15 is 0 Å². The van der Waals surface area contributed by atoms with Gasteiger partial charge in [0, 0.05) is 16.1 Å². The van der Waals surface area contributed by atoms with E-state index in [1.54, 1.807) is 36.4 Å². The number of nitrogens with one attached hydrogen (secondary N) is 1. The third-order valence-corrected chi connectivity index (χ3v) is 4.84. The van der Waals surface area contributed by atoms with Gasteiger partial charge >= 0.3 is 5.97 Å². The topological polar surface area (TPSA) is 90.1 Å². The van der Waals surface area contributed by atoms with Gasteiger partial charge in [0.25, 0.3) is 5.91 Å². The number of furan rings is 1. The van der Waals surface area contributed by atoms with Gasteiger partial charge < -0.3 is 13.9 Å². The highest BCUT2D eigenvalue weighted by Gasteiger charge is 2.08. The normalized spacial score (nSPS) is 11.1. The van der Waals surface area contributed by atoms with Crippen molar-refractivity contribution in [1.29, 1.82) is 0 Å². The minimum Gasteiger partial charge on any atom is -0.484 e. The van der Waals surface area contributed by atoms with E-state index in [9.17, 15) is 9.59 Å². The molecule has 8 heteroatoms. The Morgan fingerprint density at radius 3 is 2.72 bits per heavy atom. The summed E-state index contributed by atoms with van der Waals surface area (Å²) in [6.45, 7) is 3.79. The van der Waals surface area contributed by atoms with Crippen LogP contribution in [0.25, 0.3) is 6.08 Å². The van der Waals surface area contributed by atoms with Crippen LogP contribution >= 0.6 is 15.9 Å². The molecule has 0 bridgehead atoms. The molecule has 0 aliphatic carbocycles. The number of benzene rings is 2. The molecule has 7 nitrogen and oxygen atoms in total. The molecular formula is C24H21BrN2O5. The number of rotatable bonds is 8. The van der Waals surface area contributed by atoms with Gasteiger partial charge in [-0.1, -0.05) is 22.0 Å². The monoisotopic (exact) mass is 496 g/mol. The molecule has 1 heterocycles. The van der Waals surface area contributed by atoms with Crippen molar-refractivity contribution in [3.05, 3.63) is 87.8 Å². The third kappa shape index (κ3) is 6.95. The van der Waals surface area contributed by atoms with Crippen LogP contribution in [0.2, 0.25) is 0 Å². The number of hydrazone groups is 1. The molecule has 1 amide bonds. The van der Waals surface area contributed by atoms with Crippen LogP contribution in [0.3, 0.4) is 0 Å². The Kier molecular flexibility index (Phi) is 7.99. The van der Waals surface area contributed by atoms with E-state index in [2.05, 4.69) is 26.5 Å². The number of esters is 1. The maximum Gasteiger partial charge on any atom is 0.336 e. The average Bonchev–Trinajstić information content (AvgIpc) is 3.29. The summed E-state index contributed by atoms with van der Waals surface area (Å²) in [6.07, 6.45) is 5.66. The standard InChI is InChI=1S/C24H21BrN2O5/c1-16-5-7-21(12-17(16)2)31-15-23(28)27-26-14-18-13-19(25)6-9-22(18)32-24(29)10-8-20-4-3-11-30-20/h3-14H,15H2,1-2H3,(H,27,28)/b10-8+,26-14+. The third-order valence-electron chi connectivity index (χ3n) is 4.35. The number of carbonyl (C=O) groups excluding carboxylic acids is 2. The summed E-state index contributed by atoms with van der Waals surface area (Å²) in [5.74, 6) is 0.423. The van der Waals surface area contributed by atoms with Crippen LogP contribution in [0, 0.1) is 13.8 Å². The fraction of sp³-hybridized carbons (Fsp3) is 0.125. The van der Waals surface area contributed by atoms with E-state index in [4.69, 9.17) is 13.9 Å². The summed E-state index contributed by atoms with van der Waals surface area (Å²) in [7, 11) is 0. The zero-order valence-corrected chi connectivity index (χ0v) is 19.1. The predicted octanol–water partition coefficient (Wildman–Crippen LogP) is 4.81. The van der Waals surface area contributed by atoms with Gasteiger partial charge in [-0.3, -0.25) is 4.79 Å². The Hall–Kier alpha value is -3.65. The average molecular weight is 497 g/mol. The van der Waals surface area contributed by atoms with Crippen molar-refractivity contribution in [2.75, 3.05) is 6.61 Å². The number of nitrogens with zero attached hydrogens (tertiary/aromatic N) is 1. The molecule has 2 aromatic carbocycles. The largest absolute Gasteiger partial charge is 0.484 e. The fourth-order valence-corrected chi connectivity index (χ4v) is 2.93. The summed E-state index contributed by atoms with van der Waals surface area (Å²) in [5, 5.41) is 3.93. The van der Waals surface area contributed by atoms with Crippen LogP contribution in [0.5, 0.6) is 11.5 Å². The van der Waals surface area contributed by atoms with E-state index in [1.807, 2.05) is 26.0 Å². The van der Waals surface area contributed by atoms with Gasteiger partial charge in [0.1, 0.15) is 17.3 Å². The molecule has 0 atom stereocenters. The molecule has 0 aliphatic rings. The zero-order chi connectivity index (χ0) is 22.9. The Morgan fingerprint density at radius 2 is 1.97 bits per heavy atom. The van der Waals surface area contributed by atoms with Crippen molar-refractivity contribution >= 4 is 40.1 Å². The Balaban J connectivity index is 1.57. The van der Waals surface area contributed by atoms with Crippen molar-refractivity contribution in [2.24, 2.45) is 5.10 Å². The number of halogens is 1. The molecule has 3 aromatic rings. The number of hydrogen-bond donors (Lipinski definition) is 1. The van der Waals surface area contributed by atoms with Crippen molar-refractivity contribution in [1.82, 2.24) is 5.43 Å². The lowest BCUT2D eigenvalue weighted by atomic mass is 10.1. The minimum atomic E-state index is -0.579. The van der Waals surface area contributed by atoms with Crippen molar-refractivity contribution in [2.45, 2.75) is 13.8 Å². The molecule has 0 fully saturated rings. The van der Waals surface area contributed by atoms with Crippen LogP contribution in [-0.4, -0.2) is 24.7 Å². The highest BCUT2D eigenvalue weighted by Crippen LogP contribution is 2.22. The van der Waals surface area contributed by atoms with Gasteiger partial charge in [-0.2, -0.15) is 5.10 Å². The molecule has 0 saturated carbocycles. The van der Waals surface area contributed by atoms with E-state index in [0.29, 0.717) is 17.1 Å². The molecular weight excluding hydrogens is 476 g/mol. The molecule has 0 unspecified atom stereocenters. The molecule has 0 saturated heterocycles. The molecule has 0 aliphatic heterocycles. The highest BCUT2D eigenvalue weighted by molar-refractivity contribution is 9.10. The maximum atomic E-state index is 12.1. The summed E-state index contributed by atoms with van der Waals surface area (Å²) < 4.78 is 16.7. The van der Waals surface area contributed by atoms with E-state index in [-0.39, 0.29) is 12.4 Å². The first-order valence-corrected chi connectivity index (χ1v) is 10.4. The second kappa shape index (κ2) is 11.1. The molecule has 1 aromatic heterocycles. The summed E-state index contributed by atoms with van der Waals surface area (Å²) in [4.78, 5) is 24.1. The first-order valence-electron chi connectivity index (χ1n) is 9.65. The van der Waals surface area contributed by atoms with Crippen LogP contribution < -0.4 is 14.9 Å². The number of ether oxygens (including phenoxy) is 2. The second-order valence-corrected chi connectivity index (χ2v) is 7.70. The number of hydrogen-bond acceptors (Lipinski definition) is 6. The number of amides is 1. The second-order valence-electron chi connectivity index (χ2n) is 6.78. The minimum absolute atomic E-state index is 0.183. The predicted molar refractivity (Wildman–Crippen MR) is 125 cm³/mol. The van der Waals surface area contributed by atoms with Crippen LogP contribution in [0.4, 0.5) is 0 Å². The van der Waals surface area contributed by atoms with Gasteiger partial charge in [-0.25, -0.2) is 10.2 Å². The molecule has 164 valence electrons. The van der Waals surface area contributed by atoms with Crippen molar-refractivity contribution in [3.63, 3.8) is 0 Å². The Morgan fingerprint density at radius 1 is 1.12 bits per heavy atom. The first kappa shape index (κ1) is 23.0. The van der Waals surface area contributed by atoms with E-state index < -0.39 is 11.9 Å². The molecule has 32 heavy (non-hydrogen) atoms. The van der Waals surface area contributed by atoms with Crippen molar-refractivity contribution in [3.8, 4) is 11.5 Å². The van der Waals surface area contributed by atoms with Gasteiger partial charge in [0.05, 0.1) is 12.5 Å². The number of carbonyl (C=O) groups is 2. The highest BCUT2D eigenvalue weighted by atomic mass is 79.9. The van der Waals surface area contributed by atoms with Crippen LogP contribution in [-0.2, 0) is 9.59 Å². The SMILES string of the molecule is Cc1ccc(OCC(=O)N/N=C/c2cc(Br)ccc2OC(=O)/C=C/c2ccco2)cc1C. The molecule has 1 N–H and O–H groups in total. The first-order chi connectivity index (χ1) is 15.4. The Bertz CT molecular complexity index is 1150. The number of aryl methyl sites for hydroxylation is 2. The maximum absolute atomic E-state index is 12.1. The fourth-order valence-electron chi connectivity index (χ4n) is 2.55. The van der Waals surface area contributed by atoms with E-state index in [0.717, 1.165) is 15.6 Å². The Labute approximate surface area is 193 Å². The molecule has 0 radical (unpaired) electrons. The lowest BCUT2D eigenvalue weighted by Gasteiger charge is -2.08. The van der Waals surface area contributed by atoms with Gasteiger partial charge in [-0.15, -0.1) is 0 Å². The lowest BCUT2D eigenvalue weighted by molar-refractivity contribution is -0.129. The molecule has 0 spiro atoms. The van der Waals surface area contributed by atoms with Gasteiger partial charge in [0.2, 0.25) is 0 Å². The zero-order valence-electron chi connectivity index (χ0n) is 17.5. The summed E-state index contributed by atoms with van der Waals surface area (Å²) in [5.41, 5.74) is 5.12. The smallest absolute Gasteiger partial charge is 0.336 e. The van der Waals surface area contributed by atoms with Crippen molar-refractivity contribution < 1.29 is 23.5 Å². The summed E-state index contributed by atoms with van der Waals surface area (Å²) >= 11 is 3.37. The van der Waals surface area contributed by atoms with Gasteiger partial charge in [0.15, 0.2) is 6.61 Å². The molecule has 3 rings (SSSR count). The van der Waals surface area contributed by atoms with Crippen LogP contribution in [0.15, 0.2) is 74.9 Å². The quantitative estimate of drug-likeness (QED) is 0.159. The van der Waals surface area contributed by atoms with Crippen LogP contribution in [0.1, 0.15) is 22.5 Å². The van der Waals surface area contributed by atoms with E-state index in [1.165, 1.54) is 24.6 Å². The summed E-state index contributed by atoms with van der Waals surface area (Å²) in [6, 6.07) is 14.1. The van der Waals surface area contributed by atoms with Gasteiger partial charge in [-0.05, 0) is 73.5 Å². The lowest BCUT2D eigenvalue weighted by Crippen LogP contribution is -2.24.